The summed E-state index contributed by atoms with van der Waals surface area (Å²) in [5, 5.41) is 2.84. The average molecular weight is 304 g/mol. The number of hydrogen-bond donors (Lipinski definition) is 1. The van der Waals surface area contributed by atoms with Crippen LogP contribution in [0.15, 0.2) is 22.7 Å². The van der Waals surface area contributed by atoms with E-state index in [1.165, 1.54) is 6.07 Å². The van der Waals surface area contributed by atoms with Crippen LogP contribution in [-0.4, -0.2) is 16.9 Å². The van der Waals surface area contributed by atoms with E-state index in [1.807, 2.05) is 0 Å². The molecular weight excluding hydrogens is 293 g/mol. The predicted octanol–water partition coefficient (Wildman–Crippen LogP) is 3.42. The summed E-state index contributed by atoms with van der Waals surface area (Å²) < 4.78 is 13.3. The highest BCUT2D eigenvalue weighted by molar-refractivity contribution is 9.10. The Morgan fingerprint density at radius 1 is 1.56 bits per heavy atom. The van der Waals surface area contributed by atoms with Crippen LogP contribution in [0.4, 0.5) is 10.1 Å². The molecule has 1 N–H and O–H groups in total. The molecule has 1 aromatic carbocycles. The number of anilines is 1. The molecule has 0 aromatic heterocycles. The van der Waals surface area contributed by atoms with Crippen molar-refractivity contribution < 1.29 is 9.18 Å². The smallest absolute Gasteiger partial charge is 0.237 e. The lowest BCUT2D eigenvalue weighted by atomic mass is 10.2. The zero-order chi connectivity index (χ0) is 11.5. The second-order valence-electron chi connectivity index (χ2n) is 3.62. The first-order valence-corrected chi connectivity index (χ1v) is 6.88. The van der Waals surface area contributed by atoms with Gasteiger partial charge in [0.25, 0.3) is 0 Å². The molecule has 16 heavy (non-hydrogen) atoms. The molecule has 86 valence electrons. The van der Waals surface area contributed by atoms with Gasteiger partial charge in [0, 0.05) is 5.69 Å². The Labute approximate surface area is 106 Å². The highest BCUT2D eigenvalue weighted by atomic mass is 79.9. The van der Waals surface area contributed by atoms with E-state index in [4.69, 9.17) is 0 Å². The van der Waals surface area contributed by atoms with E-state index in [2.05, 4.69) is 21.2 Å². The molecule has 0 saturated carbocycles. The zero-order valence-corrected chi connectivity index (χ0v) is 10.9. The van der Waals surface area contributed by atoms with Crippen molar-refractivity contribution >= 4 is 39.3 Å². The molecule has 0 aliphatic carbocycles. The van der Waals surface area contributed by atoms with Crippen molar-refractivity contribution in [1.82, 2.24) is 0 Å². The van der Waals surface area contributed by atoms with Gasteiger partial charge in [-0.05, 0) is 52.7 Å². The van der Waals surface area contributed by atoms with E-state index < -0.39 is 0 Å². The van der Waals surface area contributed by atoms with Crippen LogP contribution in [0.25, 0.3) is 0 Å². The van der Waals surface area contributed by atoms with Crippen LogP contribution >= 0.6 is 27.7 Å². The number of thioether (sulfide) groups is 1. The van der Waals surface area contributed by atoms with Crippen LogP contribution in [0, 0.1) is 5.82 Å². The van der Waals surface area contributed by atoms with Crippen LogP contribution in [0.1, 0.15) is 12.8 Å². The fourth-order valence-electron chi connectivity index (χ4n) is 1.58. The minimum atomic E-state index is -0.326. The minimum absolute atomic E-state index is 0.0148. The fourth-order valence-corrected chi connectivity index (χ4v) is 3.12. The Morgan fingerprint density at radius 2 is 2.38 bits per heavy atom. The summed E-state index contributed by atoms with van der Waals surface area (Å²) in [6.45, 7) is 0. The molecule has 1 saturated heterocycles. The Kier molecular flexibility index (Phi) is 3.86. The Morgan fingerprint density at radius 3 is 3.00 bits per heavy atom. The number of carbonyl (C=O) groups excluding carboxylic acids is 1. The molecule has 1 fully saturated rings. The van der Waals surface area contributed by atoms with Crippen molar-refractivity contribution in [2.24, 2.45) is 0 Å². The van der Waals surface area contributed by atoms with Crippen molar-refractivity contribution in [2.45, 2.75) is 18.1 Å². The molecule has 2 nitrogen and oxygen atoms in total. The number of rotatable bonds is 2. The summed E-state index contributed by atoms with van der Waals surface area (Å²) in [4.78, 5) is 11.8. The van der Waals surface area contributed by atoms with Gasteiger partial charge in [-0.3, -0.25) is 4.79 Å². The summed E-state index contributed by atoms with van der Waals surface area (Å²) in [6, 6.07) is 4.48. The molecule has 1 aliphatic rings. The molecule has 2 rings (SSSR count). The molecule has 1 aliphatic heterocycles. The van der Waals surface area contributed by atoms with Crippen molar-refractivity contribution in [3.05, 3.63) is 28.5 Å². The van der Waals surface area contributed by atoms with Gasteiger partial charge in [-0.1, -0.05) is 0 Å². The third kappa shape index (κ3) is 2.77. The van der Waals surface area contributed by atoms with E-state index >= 15 is 0 Å². The monoisotopic (exact) mass is 303 g/mol. The van der Waals surface area contributed by atoms with Gasteiger partial charge in [-0.15, -0.1) is 11.8 Å². The van der Waals surface area contributed by atoms with Crippen LogP contribution in [0.3, 0.4) is 0 Å². The SMILES string of the molecule is O=C(Nc1ccc(F)c(Br)c1)C1CCCS1. The highest BCUT2D eigenvalue weighted by Crippen LogP contribution is 2.27. The molecule has 1 aromatic rings. The number of hydrogen-bond acceptors (Lipinski definition) is 2. The third-order valence-electron chi connectivity index (χ3n) is 2.41. The maximum absolute atomic E-state index is 13.0. The lowest BCUT2D eigenvalue weighted by Crippen LogP contribution is -2.22. The van der Waals surface area contributed by atoms with E-state index in [9.17, 15) is 9.18 Å². The Balaban J connectivity index is 2.02. The Hall–Kier alpha value is -0.550. The second-order valence-corrected chi connectivity index (χ2v) is 5.78. The molecule has 0 radical (unpaired) electrons. The minimum Gasteiger partial charge on any atom is -0.325 e. The van der Waals surface area contributed by atoms with Gasteiger partial charge in [0.05, 0.1) is 9.72 Å². The summed E-state index contributed by atoms with van der Waals surface area (Å²) >= 11 is 4.77. The van der Waals surface area contributed by atoms with Gasteiger partial charge in [0.1, 0.15) is 5.82 Å². The van der Waals surface area contributed by atoms with Gasteiger partial charge in [0.2, 0.25) is 5.91 Å². The second kappa shape index (κ2) is 5.19. The van der Waals surface area contributed by atoms with Crippen LogP contribution < -0.4 is 5.32 Å². The third-order valence-corrected chi connectivity index (χ3v) is 4.39. The molecular formula is C11H11BrFNOS. The highest BCUT2D eigenvalue weighted by Gasteiger charge is 2.23. The Bertz CT molecular complexity index is 407. The molecule has 5 heteroatoms. The first-order valence-electron chi connectivity index (χ1n) is 5.04. The normalized spacial score (nSPS) is 19.8. The summed E-state index contributed by atoms with van der Waals surface area (Å²) in [5.74, 6) is 0.736. The lowest BCUT2D eigenvalue weighted by Gasteiger charge is -2.10. The maximum Gasteiger partial charge on any atom is 0.237 e. The van der Waals surface area contributed by atoms with Gasteiger partial charge in [0.15, 0.2) is 0 Å². The lowest BCUT2D eigenvalue weighted by molar-refractivity contribution is -0.115. The van der Waals surface area contributed by atoms with E-state index in [1.54, 1.807) is 23.9 Å². The van der Waals surface area contributed by atoms with Crippen molar-refractivity contribution in [3.8, 4) is 0 Å². The van der Waals surface area contributed by atoms with E-state index in [0.717, 1.165) is 18.6 Å². The predicted molar refractivity (Wildman–Crippen MR) is 68.2 cm³/mol. The van der Waals surface area contributed by atoms with Crippen LogP contribution in [-0.2, 0) is 4.79 Å². The molecule has 1 atom stereocenters. The number of halogens is 2. The van der Waals surface area contributed by atoms with E-state index in [0.29, 0.717) is 10.2 Å². The van der Waals surface area contributed by atoms with Crippen molar-refractivity contribution in [3.63, 3.8) is 0 Å². The quantitative estimate of drug-likeness (QED) is 0.907. The molecule has 0 bridgehead atoms. The fraction of sp³-hybridized carbons (Fsp3) is 0.364. The summed E-state index contributed by atoms with van der Waals surface area (Å²) in [6.07, 6.45) is 2.02. The van der Waals surface area contributed by atoms with Gasteiger partial charge in [-0.2, -0.15) is 0 Å². The van der Waals surface area contributed by atoms with Gasteiger partial charge in [-0.25, -0.2) is 4.39 Å². The number of nitrogens with one attached hydrogen (secondary N) is 1. The molecule has 1 unspecified atom stereocenters. The molecule has 0 spiro atoms. The van der Waals surface area contributed by atoms with Gasteiger partial charge < -0.3 is 5.32 Å². The van der Waals surface area contributed by atoms with Crippen LogP contribution in [0.2, 0.25) is 0 Å². The van der Waals surface area contributed by atoms with Crippen molar-refractivity contribution in [1.29, 1.82) is 0 Å². The number of carbonyl (C=O) groups is 1. The number of benzene rings is 1. The zero-order valence-electron chi connectivity index (χ0n) is 8.50. The van der Waals surface area contributed by atoms with Gasteiger partial charge >= 0.3 is 0 Å². The topological polar surface area (TPSA) is 29.1 Å². The molecule has 1 heterocycles. The standard InChI is InChI=1S/C11H11BrFNOS/c12-8-6-7(3-4-9(8)13)14-11(15)10-2-1-5-16-10/h3-4,6,10H,1-2,5H2,(H,14,15). The van der Waals surface area contributed by atoms with E-state index in [-0.39, 0.29) is 17.0 Å². The largest absolute Gasteiger partial charge is 0.325 e. The maximum atomic E-state index is 13.0. The first kappa shape index (κ1) is 11.9. The first-order chi connectivity index (χ1) is 7.66. The summed E-state index contributed by atoms with van der Waals surface area (Å²) in [5.41, 5.74) is 0.630. The summed E-state index contributed by atoms with van der Waals surface area (Å²) in [7, 11) is 0. The molecule has 1 amide bonds. The van der Waals surface area contributed by atoms with Crippen molar-refractivity contribution in [2.75, 3.05) is 11.1 Å². The number of amides is 1. The average Bonchev–Trinajstić information content (AvgIpc) is 2.77. The van der Waals surface area contributed by atoms with Crippen LogP contribution in [0.5, 0.6) is 0 Å².